The molecule has 1 aliphatic carbocycles. The molecule has 0 spiro atoms. The number of amides is 1. The van der Waals surface area contributed by atoms with Gasteiger partial charge in [-0.15, -0.1) is 0 Å². The van der Waals surface area contributed by atoms with Crippen molar-refractivity contribution in [1.29, 1.82) is 0 Å². The first-order chi connectivity index (χ1) is 8.09. The third kappa shape index (κ3) is 2.27. The molecule has 0 aromatic heterocycles. The Morgan fingerprint density at radius 1 is 1.29 bits per heavy atom. The number of rotatable bonds is 2. The predicted octanol–water partition coefficient (Wildman–Crippen LogP) is 2.43. The molecule has 0 saturated heterocycles. The van der Waals surface area contributed by atoms with Gasteiger partial charge in [-0.05, 0) is 37.3 Å². The maximum absolute atomic E-state index is 11.1. The van der Waals surface area contributed by atoms with Gasteiger partial charge >= 0.3 is 0 Å². The predicted molar refractivity (Wildman–Crippen MR) is 64.0 cm³/mol. The van der Waals surface area contributed by atoms with Crippen molar-refractivity contribution in [1.82, 2.24) is 0 Å². The van der Waals surface area contributed by atoms with Gasteiger partial charge < -0.3 is 5.32 Å². The van der Waals surface area contributed by atoms with E-state index < -0.39 is 0 Å². The second kappa shape index (κ2) is 4.53. The minimum Gasteiger partial charge on any atom is -0.326 e. The zero-order valence-corrected chi connectivity index (χ0v) is 9.66. The van der Waals surface area contributed by atoms with Crippen LogP contribution in [0, 0.1) is 10.1 Å². The summed E-state index contributed by atoms with van der Waals surface area (Å²) in [5, 5.41) is 13.7. The molecule has 1 aromatic carbocycles. The van der Waals surface area contributed by atoms with Gasteiger partial charge in [-0.3, -0.25) is 14.9 Å². The lowest BCUT2D eigenvalue weighted by Crippen LogP contribution is -2.13. The van der Waals surface area contributed by atoms with Crippen LogP contribution in [0.1, 0.15) is 30.9 Å². The Labute approximate surface area is 99.0 Å². The monoisotopic (exact) mass is 234 g/mol. The second-order valence-corrected chi connectivity index (χ2v) is 4.23. The molecule has 90 valence electrons. The summed E-state index contributed by atoms with van der Waals surface area (Å²) in [4.78, 5) is 21.7. The average Bonchev–Trinajstić information content (AvgIpc) is 2.28. The summed E-state index contributed by atoms with van der Waals surface area (Å²) in [5.41, 5.74) is 2.61. The molecule has 5 nitrogen and oxygen atoms in total. The first-order valence-corrected chi connectivity index (χ1v) is 5.66. The Morgan fingerprint density at radius 3 is 2.53 bits per heavy atom. The molecule has 0 heterocycles. The summed E-state index contributed by atoms with van der Waals surface area (Å²) in [6.45, 7) is 1.44. The largest absolute Gasteiger partial charge is 0.326 e. The Kier molecular flexibility index (Phi) is 3.08. The Bertz CT molecular complexity index is 483. The van der Waals surface area contributed by atoms with Crippen molar-refractivity contribution in [3.63, 3.8) is 0 Å². The maximum Gasteiger partial charge on any atom is 0.273 e. The van der Waals surface area contributed by atoms with Gasteiger partial charge in [0.25, 0.3) is 5.69 Å². The van der Waals surface area contributed by atoms with Crippen LogP contribution in [0.5, 0.6) is 0 Å². The summed E-state index contributed by atoms with van der Waals surface area (Å²) in [6, 6.07) is 3.11. The van der Waals surface area contributed by atoms with Crippen LogP contribution in [0.25, 0.3) is 0 Å². The fourth-order valence-corrected chi connectivity index (χ4v) is 2.33. The maximum atomic E-state index is 11.1. The summed E-state index contributed by atoms with van der Waals surface area (Å²) >= 11 is 0. The van der Waals surface area contributed by atoms with Crippen molar-refractivity contribution in [3.8, 4) is 0 Å². The number of nitro groups is 1. The van der Waals surface area contributed by atoms with Gasteiger partial charge in [-0.25, -0.2) is 0 Å². The molecule has 0 fully saturated rings. The Morgan fingerprint density at radius 2 is 1.94 bits per heavy atom. The van der Waals surface area contributed by atoms with Gasteiger partial charge in [-0.1, -0.05) is 0 Å². The molecule has 0 bridgehead atoms. The van der Waals surface area contributed by atoms with Crippen molar-refractivity contribution in [2.45, 2.75) is 32.6 Å². The number of hydrogen-bond acceptors (Lipinski definition) is 3. The number of carbonyl (C=O) groups is 1. The molecule has 1 amide bonds. The van der Waals surface area contributed by atoms with Crippen molar-refractivity contribution < 1.29 is 9.72 Å². The van der Waals surface area contributed by atoms with Crippen molar-refractivity contribution in [2.75, 3.05) is 5.32 Å². The van der Waals surface area contributed by atoms with E-state index in [2.05, 4.69) is 5.32 Å². The van der Waals surface area contributed by atoms with E-state index in [0.29, 0.717) is 0 Å². The summed E-state index contributed by atoms with van der Waals surface area (Å²) < 4.78 is 0. The van der Waals surface area contributed by atoms with Gasteiger partial charge in [0.05, 0.1) is 4.92 Å². The SMILES string of the molecule is CC(=O)Nc1ccc([N+](=O)[O-])c2c1CCCC2. The topological polar surface area (TPSA) is 72.2 Å². The highest BCUT2D eigenvalue weighted by Gasteiger charge is 2.23. The molecule has 17 heavy (non-hydrogen) atoms. The highest BCUT2D eigenvalue weighted by molar-refractivity contribution is 5.90. The van der Waals surface area contributed by atoms with Crippen LogP contribution in [0.15, 0.2) is 12.1 Å². The smallest absolute Gasteiger partial charge is 0.273 e. The first kappa shape index (κ1) is 11.6. The van der Waals surface area contributed by atoms with Crippen LogP contribution >= 0.6 is 0 Å². The fourth-order valence-electron chi connectivity index (χ4n) is 2.33. The van der Waals surface area contributed by atoms with E-state index in [0.717, 1.165) is 42.5 Å². The van der Waals surface area contributed by atoms with Gasteiger partial charge in [0.15, 0.2) is 0 Å². The minimum atomic E-state index is -0.346. The molecular formula is C12H14N2O3. The van der Waals surface area contributed by atoms with E-state index in [1.165, 1.54) is 13.0 Å². The third-order valence-electron chi connectivity index (χ3n) is 3.02. The van der Waals surface area contributed by atoms with E-state index in [4.69, 9.17) is 0 Å². The van der Waals surface area contributed by atoms with Gasteiger partial charge in [0, 0.05) is 24.2 Å². The number of carbonyl (C=O) groups excluding carboxylic acids is 1. The van der Waals surface area contributed by atoms with Gasteiger partial charge in [0.1, 0.15) is 0 Å². The quantitative estimate of drug-likeness (QED) is 0.631. The number of hydrogen-bond donors (Lipinski definition) is 1. The molecule has 0 atom stereocenters. The highest BCUT2D eigenvalue weighted by Crippen LogP contribution is 2.34. The summed E-state index contributed by atoms with van der Waals surface area (Å²) in [5.74, 6) is -0.147. The molecule has 0 unspecified atom stereocenters. The van der Waals surface area contributed by atoms with E-state index in [1.54, 1.807) is 6.07 Å². The lowest BCUT2D eigenvalue weighted by atomic mass is 9.89. The van der Waals surface area contributed by atoms with Crippen LogP contribution in [0.4, 0.5) is 11.4 Å². The van der Waals surface area contributed by atoms with E-state index in [-0.39, 0.29) is 16.5 Å². The van der Waals surface area contributed by atoms with Crippen molar-refractivity contribution in [3.05, 3.63) is 33.4 Å². The molecule has 0 aliphatic heterocycles. The molecule has 1 N–H and O–H groups in total. The van der Waals surface area contributed by atoms with Crippen LogP contribution in [-0.4, -0.2) is 10.8 Å². The normalized spacial score (nSPS) is 13.9. The number of anilines is 1. The molecule has 0 saturated carbocycles. The van der Waals surface area contributed by atoms with Gasteiger partial charge in [-0.2, -0.15) is 0 Å². The van der Waals surface area contributed by atoms with E-state index in [9.17, 15) is 14.9 Å². The van der Waals surface area contributed by atoms with Crippen LogP contribution in [0.3, 0.4) is 0 Å². The molecule has 0 radical (unpaired) electrons. The lowest BCUT2D eigenvalue weighted by molar-refractivity contribution is -0.385. The molecule has 2 rings (SSSR count). The Balaban J connectivity index is 2.50. The molecule has 5 heteroatoms. The standard InChI is InChI=1S/C12H14N2O3/c1-8(15)13-11-6-7-12(14(16)17)10-5-3-2-4-9(10)11/h6-7H,2-5H2,1H3,(H,13,15). The summed E-state index contributed by atoms with van der Waals surface area (Å²) in [6.07, 6.45) is 3.50. The molecule has 1 aliphatic rings. The minimum absolute atomic E-state index is 0.147. The van der Waals surface area contributed by atoms with Crippen molar-refractivity contribution >= 4 is 17.3 Å². The molecule has 1 aromatic rings. The third-order valence-corrected chi connectivity index (χ3v) is 3.02. The second-order valence-electron chi connectivity index (χ2n) is 4.23. The number of nitro benzene ring substituents is 1. The van der Waals surface area contributed by atoms with E-state index in [1.807, 2.05) is 0 Å². The van der Waals surface area contributed by atoms with Gasteiger partial charge in [0.2, 0.25) is 5.91 Å². The Hall–Kier alpha value is -1.91. The number of fused-ring (bicyclic) bond motifs is 1. The average molecular weight is 234 g/mol. The molecular weight excluding hydrogens is 220 g/mol. The lowest BCUT2D eigenvalue weighted by Gasteiger charge is -2.19. The highest BCUT2D eigenvalue weighted by atomic mass is 16.6. The van der Waals surface area contributed by atoms with Crippen LogP contribution < -0.4 is 5.32 Å². The van der Waals surface area contributed by atoms with Crippen LogP contribution in [0.2, 0.25) is 0 Å². The number of benzene rings is 1. The zero-order chi connectivity index (χ0) is 12.4. The summed E-state index contributed by atoms with van der Waals surface area (Å²) in [7, 11) is 0. The van der Waals surface area contributed by atoms with Crippen molar-refractivity contribution in [2.24, 2.45) is 0 Å². The zero-order valence-electron chi connectivity index (χ0n) is 9.66. The first-order valence-electron chi connectivity index (χ1n) is 5.66. The number of nitrogens with zero attached hydrogens (tertiary/aromatic N) is 1. The van der Waals surface area contributed by atoms with E-state index >= 15 is 0 Å². The fraction of sp³-hybridized carbons (Fsp3) is 0.417. The van der Waals surface area contributed by atoms with Crippen LogP contribution in [-0.2, 0) is 17.6 Å². The number of nitrogens with one attached hydrogen (secondary N) is 1.